The van der Waals surface area contributed by atoms with Gasteiger partial charge >= 0.3 is 0 Å². The van der Waals surface area contributed by atoms with Crippen molar-refractivity contribution < 1.29 is 18.3 Å². The van der Waals surface area contributed by atoms with Gasteiger partial charge in [0.15, 0.2) is 18.4 Å². The predicted octanol–water partition coefficient (Wildman–Crippen LogP) is 2.26. The SMILES string of the molecule is COCOc1cc(C)c(F)c(F)c1. The van der Waals surface area contributed by atoms with Gasteiger partial charge in [-0.05, 0) is 18.6 Å². The average Bonchev–Trinajstić information content (AvgIpc) is 2.10. The van der Waals surface area contributed by atoms with Crippen LogP contribution in [0.1, 0.15) is 5.56 Å². The zero-order valence-corrected chi connectivity index (χ0v) is 7.43. The normalized spacial score (nSPS) is 10.2. The minimum absolute atomic E-state index is 0.0184. The molecule has 13 heavy (non-hydrogen) atoms. The summed E-state index contributed by atoms with van der Waals surface area (Å²) < 4.78 is 35.1. The summed E-state index contributed by atoms with van der Waals surface area (Å²) >= 11 is 0. The monoisotopic (exact) mass is 188 g/mol. The van der Waals surface area contributed by atoms with Gasteiger partial charge in [-0.25, -0.2) is 8.78 Å². The Kier molecular flexibility index (Phi) is 3.19. The molecule has 0 fully saturated rings. The molecule has 0 atom stereocenters. The van der Waals surface area contributed by atoms with Gasteiger partial charge in [0, 0.05) is 13.2 Å². The maximum Gasteiger partial charge on any atom is 0.188 e. The van der Waals surface area contributed by atoms with E-state index >= 15 is 0 Å². The van der Waals surface area contributed by atoms with E-state index in [1.165, 1.54) is 20.1 Å². The molecule has 0 N–H and O–H groups in total. The van der Waals surface area contributed by atoms with Crippen LogP contribution in [0.25, 0.3) is 0 Å². The predicted molar refractivity (Wildman–Crippen MR) is 43.6 cm³/mol. The second-order valence-electron chi connectivity index (χ2n) is 2.59. The molecule has 0 radical (unpaired) electrons. The molecule has 1 aromatic rings. The Bertz CT molecular complexity index is 277. The third kappa shape index (κ3) is 2.39. The molecule has 0 aliphatic rings. The number of aryl methyl sites for hydroxylation is 1. The fourth-order valence-electron chi connectivity index (χ4n) is 0.905. The third-order valence-electron chi connectivity index (χ3n) is 1.53. The van der Waals surface area contributed by atoms with Crippen LogP contribution in [-0.2, 0) is 4.74 Å². The van der Waals surface area contributed by atoms with Crippen LogP contribution in [0, 0.1) is 18.6 Å². The van der Waals surface area contributed by atoms with Crippen molar-refractivity contribution in [1.82, 2.24) is 0 Å². The van der Waals surface area contributed by atoms with Gasteiger partial charge in [0.25, 0.3) is 0 Å². The molecule has 0 heterocycles. The number of rotatable bonds is 3. The summed E-state index contributed by atoms with van der Waals surface area (Å²) in [6, 6.07) is 2.40. The summed E-state index contributed by atoms with van der Waals surface area (Å²) in [5, 5.41) is 0. The molecule has 0 saturated carbocycles. The van der Waals surface area contributed by atoms with Gasteiger partial charge in [0.2, 0.25) is 0 Å². The first-order valence-electron chi connectivity index (χ1n) is 3.72. The van der Waals surface area contributed by atoms with E-state index in [2.05, 4.69) is 4.74 Å². The van der Waals surface area contributed by atoms with E-state index < -0.39 is 11.6 Å². The van der Waals surface area contributed by atoms with Crippen molar-refractivity contribution in [2.24, 2.45) is 0 Å². The van der Waals surface area contributed by atoms with E-state index in [0.29, 0.717) is 0 Å². The lowest BCUT2D eigenvalue weighted by Crippen LogP contribution is -2.00. The van der Waals surface area contributed by atoms with Crippen LogP contribution in [0.5, 0.6) is 5.75 Å². The number of methoxy groups -OCH3 is 1. The average molecular weight is 188 g/mol. The Morgan fingerprint density at radius 3 is 2.54 bits per heavy atom. The Morgan fingerprint density at radius 2 is 2.00 bits per heavy atom. The van der Waals surface area contributed by atoms with Crippen molar-refractivity contribution >= 4 is 0 Å². The van der Waals surface area contributed by atoms with Gasteiger partial charge in [-0.1, -0.05) is 0 Å². The summed E-state index contributed by atoms with van der Waals surface area (Å²) in [4.78, 5) is 0. The van der Waals surface area contributed by atoms with Crippen LogP contribution in [0.2, 0.25) is 0 Å². The van der Waals surface area contributed by atoms with Gasteiger partial charge < -0.3 is 9.47 Å². The highest BCUT2D eigenvalue weighted by Crippen LogP contribution is 2.19. The van der Waals surface area contributed by atoms with Crippen LogP contribution in [0.15, 0.2) is 12.1 Å². The zero-order chi connectivity index (χ0) is 9.84. The Morgan fingerprint density at radius 1 is 1.31 bits per heavy atom. The largest absolute Gasteiger partial charge is 0.467 e. The molecule has 0 aliphatic heterocycles. The van der Waals surface area contributed by atoms with Crippen molar-refractivity contribution in [1.29, 1.82) is 0 Å². The molecule has 0 bridgehead atoms. The Labute approximate surface area is 75.1 Å². The molecule has 4 heteroatoms. The molecule has 2 nitrogen and oxygen atoms in total. The molecule has 72 valence electrons. The van der Waals surface area contributed by atoms with Gasteiger partial charge in [-0.3, -0.25) is 0 Å². The first kappa shape index (κ1) is 9.92. The quantitative estimate of drug-likeness (QED) is 0.677. The smallest absolute Gasteiger partial charge is 0.188 e. The lowest BCUT2D eigenvalue weighted by molar-refractivity contribution is 0.0508. The molecule has 0 spiro atoms. The molecule has 0 amide bonds. The number of benzene rings is 1. The first-order chi connectivity index (χ1) is 6.15. The van der Waals surface area contributed by atoms with Crippen molar-refractivity contribution in [2.75, 3.05) is 13.9 Å². The number of halogens is 2. The van der Waals surface area contributed by atoms with E-state index in [1.807, 2.05) is 0 Å². The van der Waals surface area contributed by atoms with Gasteiger partial charge in [0.1, 0.15) is 5.75 Å². The van der Waals surface area contributed by atoms with E-state index in [-0.39, 0.29) is 18.1 Å². The summed E-state index contributed by atoms with van der Waals surface area (Å²) in [5.74, 6) is -1.49. The van der Waals surface area contributed by atoms with E-state index in [4.69, 9.17) is 4.74 Å². The van der Waals surface area contributed by atoms with Crippen molar-refractivity contribution in [3.63, 3.8) is 0 Å². The second kappa shape index (κ2) is 4.18. The van der Waals surface area contributed by atoms with Crippen LogP contribution in [-0.4, -0.2) is 13.9 Å². The van der Waals surface area contributed by atoms with Gasteiger partial charge in [0.05, 0.1) is 0 Å². The summed E-state index contributed by atoms with van der Waals surface area (Å²) in [6.07, 6.45) is 0. The van der Waals surface area contributed by atoms with Crippen LogP contribution in [0.4, 0.5) is 8.78 Å². The van der Waals surface area contributed by atoms with Crippen LogP contribution >= 0.6 is 0 Å². The Balaban J connectivity index is 2.86. The van der Waals surface area contributed by atoms with E-state index in [9.17, 15) is 8.78 Å². The Hall–Kier alpha value is -1.16. The molecule has 1 aromatic carbocycles. The first-order valence-corrected chi connectivity index (χ1v) is 3.72. The lowest BCUT2D eigenvalue weighted by atomic mass is 10.2. The lowest BCUT2D eigenvalue weighted by Gasteiger charge is -2.06. The number of ether oxygens (including phenoxy) is 2. The molecule has 1 rings (SSSR count). The summed E-state index contributed by atoms with van der Waals surface area (Å²) in [7, 11) is 1.45. The third-order valence-corrected chi connectivity index (χ3v) is 1.53. The van der Waals surface area contributed by atoms with Crippen molar-refractivity contribution in [3.8, 4) is 5.75 Å². The van der Waals surface area contributed by atoms with Gasteiger partial charge in [-0.2, -0.15) is 0 Å². The zero-order valence-electron chi connectivity index (χ0n) is 7.43. The molecule has 0 aliphatic carbocycles. The number of hydrogen-bond donors (Lipinski definition) is 0. The van der Waals surface area contributed by atoms with Crippen molar-refractivity contribution in [3.05, 3.63) is 29.3 Å². The molecule has 0 saturated heterocycles. The van der Waals surface area contributed by atoms with E-state index in [0.717, 1.165) is 6.07 Å². The fraction of sp³-hybridized carbons (Fsp3) is 0.333. The maximum absolute atomic E-state index is 12.8. The fourth-order valence-corrected chi connectivity index (χ4v) is 0.905. The standard InChI is InChI=1S/C9H10F2O2/c1-6-3-7(13-5-12-2)4-8(10)9(6)11/h3-4H,5H2,1-2H3. The van der Waals surface area contributed by atoms with Crippen LogP contribution < -0.4 is 4.74 Å². The highest BCUT2D eigenvalue weighted by molar-refractivity contribution is 5.29. The highest BCUT2D eigenvalue weighted by Gasteiger charge is 2.07. The molecular formula is C9H10F2O2. The van der Waals surface area contributed by atoms with Crippen molar-refractivity contribution in [2.45, 2.75) is 6.92 Å². The van der Waals surface area contributed by atoms with E-state index in [1.54, 1.807) is 0 Å². The second-order valence-corrected chi connectivity index (χ2v) is 2.59. The van der Waals surface area contributed by atoms with Crippen LogP contribution in [0.3, 0.4) is 0 Å². The molecule has 0 unspecified atom stereocenters. The molecular weight excluding hydrogens is 178 g/mol. The number of hydrogen-bond acceptors (Lipinski definition) is 2. The summed E-state index contributed by atoms with van der Waals surface area (Å²) in [5.41, 5.74) is 0.214. The maximum atomic E-state index is 12.8. The highest BCUT2D eigenvalue weighted by atomic mass is 19.2. The summed E-state index contributed by atoms with van der Waals surface area (Å²) in [6.45, 7) is 1.49. The minimum atomic E-state index is -0.911. The molecule has 0 aromatic heterocycles. The van der Waals surface area contributed by atoms with Gasteiger partial charge in [-0.15, -0.1) is 0 Å². The minimum Gasteiger partial charge on any atom is -0.467 e. The topological polar surface area (TPSA) is 18.5 Å².